The van der Waals surface area contributed by atoms with Crippen molar-refractivity contribution in [2.75, 3.05) is 38.2 Å². The molecule has 1 N–H and O–H groups in total. The first-order valence-corrected chi connectivity index (χ1v) is 10.1. The van der Waals surface area contributed by atoms with Crippen molar-refractivity contribution in [1.29, 1.82) is 5.26 Å². The Morgan fingerprint density at radius 3 is 2.68 bits per heavy atom. The van der Waals surface area contributed by atoms with Gasteiger partial charge in [0.2, 0.25) is 0 Å². The normalized spacial score (nSPS) is 13.5. The number of piperazine rings is 1. The molecule has 1 fully saturated rings. The van der Waals surface area contributed by atoms with Crippen LogP contribution >= 0.6 is 0 Å². The minimum atomic E-state index is -0.246. The largest absolute Gasteiger partial charge is 0.467 e. The van der Waals surface area contributed by atoms with Crippen molar-refractivity contribution < 1.29 is 4.74 Å². The molecule has 0 bridgehead atoms. The first-order valence-electron chi connectivity index (χ1n) is 10.1. The molecule has 3 heterocycles. The summed E-state index contributed by atoms with van der Waals surface area (Å²) in [6, 6.07) is 9.63. The van der Waals surface area contributed by atoms with Gasteiger partial charge in [-0.2, -0.15) is 15.2 Å². The Morgan fingerprint density at radius 2 is 1.97 bits per heavy atom. The van der Waals surface area contributed by atoms with Crippen molar-refractivity contribution in [2.24, 2.45) is 0 Å². The molecular weight excluding hydrogens is 394 g/mol. The molecule has 0 radical (unpaired) electrons. The number of rotatable bonds is 5. The van der Waals surface area contributed by atoms with E-state index < -0.39 is 0 Å². The van der Waals surface area contributed by atoms with Crippen molar-refractivity contribution in [1.82, 2.24) is 24.4 Å². The van der Waals surface area contributed by atoms with Crippen molar-refractivity contribution in [3.63, 3.8) is 0 Å². The maximum Gasteiger partial charge on any atom is 0.331 e. The average Bonchev–Trinajstić information content (AvgIpc) is 3.08. The highest BCUT2D eigenvalue weighted by atomic mass is 16.5. The Morgan fingerprint density at radius 1 is 1.19 bits per heavy atom. The van der Waals surface area contributed by atoms with E-state index in [0.29, 0.717) is 22.5 Å². The maximum atomic E-state index is 13.5. The monoisotopic (exact) mass is 417 g/mol. The van der Waals surface area contributed by atoms with Gasteiger partial charge in [-0.1, -0.05) is 24.1 Å². The van der Waals surface area contributed by atoms with Crippen LogP contribution < -0.4 is 20.6 Å². The maximum absolute atomic E-state index is 13.5. The fourth-order valence-corrected chi connectivity index (χ4v) is 3.75. The predicted octanol–water partition coefficient (Wildman–Crippen LogP) is 0.954. The molecule has 9 nitrogen and oxygen atoms in total. The van der Waals surface area contributed by atoms with Crippen LogP contribution in [0, 0.1) is 23.2 Å². The number of hydrogen-bond acceptors (Lipinski definition) is 7. The number of methoxy groups -OCH3 is 1. The molecule has 2 aromatic heterocycles. The lowest BCUT2D eigenvalue weighted by atomic mass is 10.1. The summed E-state index contributed by atoms with van der Waals surface area (Å²) in [5.41, 5.74) is 2.12. The molecule has 1 aliphatic heterocycles. The lowest BCUT2D eigenvalue weighted by Gasteiger charge is -2.29. The predicted molar refractivity (Wildman–Crippen MR) is 117 cm³/mol. The van der Waals surface area contributed by atoms with Crippen LogP contribution in [0.25, 0.3) is 11.2 Å². The van der Waals surface area contributed by atoms with Crippen LogP contribution in [-0.4, -0.2) is 52.4 Å². The van der Waals surface area contributed by atoms with Gasteiger partial charge in [0.25, 0.3) is 0 Å². The number of nitrogens with zero attached hydrogens (tertiary/aromatic N) is 6. The number of hydrogen-bond donors (Lipinski definition) is 1. The number of nitrogens with one attached hydrogen (secondary N) is 1. The molecule has 0 atom stereocenters. The second kappa shape index (κ2) is 8.90. The Balaban J connectivity index is 1.97. The summed E-state index contributed by atoms with van der Waals surface area (Å²) in [7, 11) is 1.51. The van der Waals surface area contributed by atoms with E-state index in [1.54, 1.807) is 28.2 Å². The molecule has 1 saturated heterocycles. The van der Waals surface area contributed by atoms with Gasteiger partial charge in [0.15, 0.2) is 11.5 Å². The standard InChI is InChI=1S/C22H23N7O2/c1-3-4-11-28-18-19(27-12-9-24-10-13-27)25-21(31-2)26-20(18)29(22(28)30)15-17-8-6-5-7-16(17)14-23/h5-8,24H,9-13,15H2,1-2H3. The molecule has 0 aliphatic carbocycles. The molecule has 0 amide bonds. The summed E-state index contributed by atoms with van der Waals surface area (Å²) < 4.78 is 8.54. The number of benzene rings is 1. The lowest BCUT2D eigenvalue weighted by molar-refractivity contribution is 0.380. The van der Waals surface area contributed by atoms with Gasteiger partial charge < -0.3 is 15.0 Å². The Hall–Kier alpha value is -3.82. The van der Waals surface area contributed by atoms with Gasteiger partial charge in [-0.25, -0.2) is 4.79 Å². The zero-order chi connectivity index (χ0) is 21.8. The summed E-state index contributed by atoms with van der Waals surface area (Å²) in [5.74, 6) is 6.50. The molecule has 31 heavy (non-hydrogen) atoms. The van der Waals surface area contributed by atoms with Crippen LogP contribution in [0.1, 0.15) is 18.1 Å². The lowest BCUT2D eigenvalue weighted by Crippen LogP contribution is -2.44. The minimum absolute atomic E-state index is 0.196. The van der Waals surface area contributed by atoms with Crippen molar-refractivity contribution >= 4 is 17.0 Å². The summed E-state index contributed by atoms with van der Waals surface area (Å²) in [6.45, 7) is 5.34. The van der Waals surface area contributed by atoms with Crippen LogP contribution in [0.4, 0.5) is 5.82 Å². The highest BCUT2D eigenvalue weighted by Gasteiger charge is 2.25. The third-order valence-corrected chi connectivity index (χ3v) is 5.29. The summed E-state index contributed by atoms with van der Waals surface area (Å²) in [4.78, 5) is 24.7. The molecule has 4 rings (SSSR count). The van der Waals surface area contributed by atoms with E-state index in [4.69, 9.17) is 4.74 Å². The van der Waals surface area contributed by atoms with Gasteiger partial charge >= 0.3 is 11.7 Å². The topological polar surface area (TPSA) is 101 Å². The molecule has 0 spiro atoms. The first-order chi connectivity index (χ1) is 15.2. The third kappa shape index (κ3) is 3.83. The third-order valence-electron chi connectivity index (χ3n) is 5.29. The smallest absolute Gasteiger partial charge is 0.331 e. The van der Waals surface area contributed by atoms with E-state index in [-0.39, 0.29) is 24.8 Å². The molecule has 1 aliphatic rings. The van der Waals surface area contributed by atoms with Gasteiger partial charge in [0.05, 0.1) is 31.8 Å². The molecule has 9 heteroatoms. The van der Waals surface area contributed by atoms with E-state index in [2.05, 4.69) is 38.1 Å². The Labute approximate surface area is 179 Å². The van der Waals surface area contributed by atoms with Crippen molar-refractivity contribution in [3.8, 4) is 23.9 Å². The zero-order valence-corrected chi connectivity index (χ0v) is 17.6. The van der Waals surface area contributed by atoms with Crippen molar-refractivity contribution in [2.45, 2.75) is 20.0 Å². The van der Waals surface area contributed by atoms with Gasteiger partial charge in [0.1, 0.15) is 5.52 Å². The van der Waals surface area contributed by atoms with Gasteiger partial charge in [-0.05, 0) is 18.6 Å². The summed E-state index contributed by atoms with van der Waals surface area (Å²) in [6.07, 6.45) is 0. The molecule has 0 unspecified atom stereocenters. The van der Waals surface area contributed by atoms with Gasteiger partial charge in [-0.15, -0.1) is 5.92 Å². The van der Waals surface area contributed by atoms with Gasteiger partial charge in [-0.3, -0.25) is 9.13 Å². The molecular formula is C22H23N7O2. The quantitative estimate of drug-likeness (QED) is 0.617. The molecule has 158 valence electrons. The van der Waals surface area contributed by atoms with Crippen LogP contribution in [0.3, 0.4) is 0 Å². The number of fused-ring (bicyclic) bond motifs is 1. The van der Waals surface area contributed by atoms with Crippen LogP contribution in [0.2, 0.25) is 0 Å². The minimum Gasteiger partial charge on any atom is -0.467 e. The van der Waals surface area contributed by atoms with Crippen LogP contribution in [0.15, 0.2) is 29.1 Å². The van der Waals surface area contributed by atoms with E-state index >= 15 is 0 Å². The Kier molecular flexibility index (Phi) is 5.87. The average molecular weight is 417 g/mol. The molecule has 1 aromatic carbocycles. The summed E-state index contributed by atoms with van der Waals surface area (Å²) in [5, 5.41) is 12.8. The van der Waals surface area contributed by atoms with Gasteiger partial charge in [0, 0.05) is 26.2 Å². The number of nitriles is 1. The van der Waals surface area contributed by atoms with Crippen LogP contribution in [0.5, 0.6) is 6.01 Å². The number of imidazole rings is 1. The second-order valence-electron chi connectivity index (χ2n) is 7.09. The first kappa shape index (κ1) is 20.5. The molecule has 0 saturated carbocycles. The fraction of sp³-hybridized carbons (Fsp3) is 0.364. The highest BCUT2D eigenvalue weighted by molar-refractivity contribution is 5.85. The second-order valence-corrected chi connectivity index (χ2v) is 7.09. The van der Waals surface area contributed by atoms with E-state index in [0.717, 1.165) is 31.7 Å². The zero-order valence-electron chi connectivity index (χ0n) is 17.6. The highest BCUT2D eigenvalue weighted by Crippen LogP contribution is 2.27. The summed E-state index contributed by atoms with van der Waals surface area (Å²) >= 11 is 0. The van der Waals surface area contributed by atoms with Crippen molar-refractivity contribution in [3.05, 3.63) is 45.9 Å². The Bertz CT molecular complexity index is 1270. The SMILES string of the molecule is CC#CCn1c(=O)n(Cc2ccccc2C#N)c2nc(OC)nc(N3CCNCC3)c21. The number of ether oxygens (including phenoxy) is 1. The molecule has 3 aromatic rings. The van der Waals surface area contributed by atoms with E-state index in [9.17, 15) is 10.1 Å². The van der Waals surface area contributed by atoms with E-state index in [1.165, 1.54) is 7.11 Å². The number of anilines is 1. The van der Waals surface area contributed by atoms with Crippen LogP contribution in [-0.2, 0) is 13.1 Å². The fourth-order valence-electron chi connectivity index (χ4n) is 3.75. The number of aromatic nitrogens is 4. The van der Waals surface area contributed by atoms with E-state index in [1.807, 2.05) is 12.1 Å².